The molecular formula is C14H24N2. The Balaban J connectivity index is 2.40. The molecule has 1 aromatic rings. The maximum atomic E-state index is 5.56. The van der Waals surface area contributed by atoms with E-state index < -0.39 is 0 Å². The van der Waals surface area contributed by atoms with Crippen LogP contribution in [0.15, 0.2) is 24.3 Å². The summed E-state index contributed by atoms with van der Waals surface area (Å²) in [5.41, 5.74) is 5.63. The third kappa shape index (κ3) is 4.77. The van der Waals surface area contributed by atoms with Crippen LogP contribution in [0, 0.1) is 12.8 Å². The summed E-state index contributed by atoms with van der Waals surface area (Å²) >= 11 is 0. The van der Waals surface area contributed by atoms with E-state index in [0.717, 1.165) is 19.3 Å². The molecule has 0 radical (unpaired) electrons. The van der Waals surface area contributed by atoms with Crippen LogP contribution in [0.4, 0.5) is 0 Å². The number of rotatable bonds is 6. The summed E-state index contributed by atoms with van der Waals surface area (Å²) in [4.78, 5) is 0. The maximum Gasteiger partial charge on any atom is 0.0216 e. The molecule has 0 aliphatic heterocycles. The van der Waals surface area contributed by atoms with Crippen LogP contribution in [-0.4, -0.2) is 6.04 Å². The number of nitrogens with one attached hydrogen (secondary N) is 1. The molecule has 1 rings (SSSR count). The zero-order chi connectivity index (χ0) is 12.0. The average molecular weight is 220 g/mol. The Morgan fingerprint density at radius 3 is 2.31 bits per heavy atom. The van der Waals surface area contributed by atoms with Gasteiger partial charge in [-0.25, -0.2) is 0 Å². The first-order chi connectivity index (χ1) is 7.61. The lowest BCUT2D eigenvalue weighted by molar-refractivity contribution is 0.405. The van der Waals surface area contributed by atoms with Gasteiger partial charge in [-0.2, -0.15) is 0 Å². The Kier molecular flexibility index (Phi) is 5.50. The first-order valence-corrected chi connectivity index (χ1v) is 6.13. The van der Waals surface area contributed by atoms with E-state index in [1.807, 2.05) is 0 Å². The smallest absolute Gasteiger partial charge is 0.0216 e. The van der Waals surface area contributed by atoms with Crippen molar-refractivity contribution in [1.29, 1.82) is 0 Å². The van der Waals surface area contributed by atoms with E-state index >= 15 is 0 Å². The van der Waals surface area contributed by atoms with Gasteiger partial charge in [-0.05, 0) is 37.7 Å². The predicted molar refractivity (Wildman–Crippen MR) is 70.1 cm³/mol. The lowest BCUT2D eigenvalue weighted by atomic mass is 9.98. The molecule has 90 valence electrons. The van der Waals surface area contributed by atoms with E-state index in [0.29, 0.717) is 12.0 Å². The quantitative estimate of drug-likeness (QED) is 0.571. The van der Waals surface area contributed by atoms with Crippen LogP contribution < -0.4 is 11.3 Å². The van der Waals surface area contributed by atoms with Gasteiger partial charge in [0.1, 0.15) is 0 Å². The third-order valence-electron chi connectivity index (χ3n) is 2.89. The van der Waals surface area contributed by atoms with Gasteiger partial charge < -0.3 is 0 Å². The molecule has 2 heteroatoms. The van der Waals surface area contributed by atoms with Gasteiger partial charge in [-0.3, -0.25) is 11.3 Å². The van der Waals surface area contributed by atoms with Gasteiger partial charge in [0, 0.05) is 6.04 Å². The Hall–Kier alpha value is -0.860. The van der Waals surface area contributed by atoms with Crippen molar-refractivity contribution in [2.75, 3.05) is 0 Å². The van der Waals surface area contributed by atoms with Crippen molar-refractivity contribution in [3.8, 4) is 0 Å². The molecular weight excluding hydrogens is 196 g/mol. The highest BCUT2D eigenvalue weighted by molar-refractivity contribution is 5.21. The summed E-state index contributed by atoms with van der Waals surface area (Å²) < 4.78 is 0. The molecule has 16 heavy (non-hydrogen) atoms. The molecule has 0 heterocycles. The van der Waals surface area contributed by atoms with Crippen molar-refractivity contribution < 1.29 is 0 Å². The lowest BCUT2D eigenvalue weighted by Crippen LogP contribution is -2.36. The summed E-state index contributed by atoms with van der Waals surface area (Å²) in [5.74, 6) is 6.25. The van der Waals surface area contributed by atoms with Crippen LogP contribution in [-0.2, 0) is 6.42 Å². The van der Waals surface area contributed by atoms with Gasteiger partial charge in [0.25, 0.3) is 0 Å². The Morgan fingerprint density at radius 1 is 1.19 bits per heavy atom. The fourth-order valence-electron chi connectivity index (χ4n) is 1.93. The molecule has 0 fully saturated rings. The molecule has 0 aliphatic rings. The first kappa shape index (κ1) is 13.2. The normalized spacial score (nSPS) is 13.1. The minimum Gasteiger partial charge on any atom is -0.271 e. The minimum atomic E-state index is 0.432. The maximum absolute atomic E-state index is 5.56. The van der Waals surface area contributed by atoms with E-state index in [1.54, 1.807) is 0 Å². The van der Waals surface area contributed by atoms with Crippen LogP contribution in [0.1, 0.15) is 37.8 Å². The second-order valence-electron chi connectivity index (χ2n) is 5.02. The van der Waals surface area contributed by atoms with Crippen molar-refractivity contribution in [3.63, 3.8) is 0 Å². The standard InChI is InChI=1S/C14H24N2/c1-11(2)10-14(16-15)9-8-13-6-4-12(3)5-7-13/h4-7,11,14,16H,8-10,15H2,1-3H3. The number of aryl methyl sites for hydroxylation is 2. The topological polar surface area (TPSA) is 38.0 Å². The highest BCUT2D eigenvalue weighted by Gasteiger charge is 2.08. The molecule has 1 aromatic carbocycles. The number of hydrogen-bond donors (Lipinski definition) is 2. The molecule has 1 atom stereocenters. The Bertz CT molecular complexity index is 290. The van der Waals surface area contributed by atoms with Crippen molar-refractivity contribution >= 4 is 0 Å². The van der Waals surface area contributed by atoms with Gasteiger partial charge >= 0.3 is 0 Å². The molecule has 0 aromatic heterocycles. The van der Waals surface area contributed by atoms with Crippen molar-refractivity contribution in [3.05, 3.63) is 35.4 Å². The highest BCUT2D eigenvalue weighted by Crippen LogP contribution is 2.12. The molecule has 1 unspecified atom stereocenters. The molecule has 0 spiro atoms. The van der Waals surface area contributed by atoms with Gasteiger partial charge in [0.2, 0.25) is 0 Å². The van der Waals surface area contributed by atoms with Gasteiger partial charge in [0.05, 0.1) is 0 Å². The second-order valence-corrected chi connectivity index (χ2v) is 5.02. The number of hydrogen-bond acceptors (Lipinski definition) is 2. The largest absolute Gasteiger partial charge is 0.271 e. The summed E-state index contributed by atoms with van der Waals surface area (Å²) in [7, 11) is 0. The summed E-state index contributed by atoms with van der Waals surface area (Å²) in [6, 6.07) is 9.18. The van der Waals surface area contributed by atoms with E-state index in [-0.39, 0.29) is 0 Å². The van der Waals surface area contributed by atoms with Gasteiger partial charge in [-0.1, -0.05) is 43.7 Å². The van der Waals surface area contributed by atoms with Crippen LogP contribution in [0.25, 0.3) is 0 Å². The fourth-order valence-corrected chi connectivity index (χ4v) is 1.93. The van der Waals surface area contributed by atoms with Gasteiger partial charge in [0.15, 0.2) is 0 Å². The summed E-state index contributed by atoms with van der Waals surface area (Å²) in [6.07, 6.45) is 3.35. The van der Waals surface area contributed by atoms with Crippen molar-refractivity contribution in [2.45, 2.75) is 46.1 Å². The highest BCUT2D eigenvalue weighted by atomic mass is 15.2. The molecule has 2 nitrogen and oxygen atoms in total. The number of benzene rings is 1. The van der Waals surface area contributed by atoms with Crippen LogP contribution in [0.2, 0.25) is 0 Å². The molecule has 0 amide bonds. The number of hydrazine groups is 1. The lowest BCUT2D eigenvalue weighted by Gasteiger charge is -2.17. The van der Waals surface area contributed by atoms with Crippen LogP contribution >= 0.6 is 0 Å². The molecule has 0 saturated heterocycles. The van der Waals surface area contributed by atoms with E-state index in [9.17, 15) is 0 Å². The van der Waals surface area contributed by atoms with Gasteiger partial charge in [-0.15, -0.1) is 0 Å². The number of nitrogens with two attached hydrogens (primary N) is 1. The SMILES string of the molecule is Cc1ccc(CCC(CC(C)C)NN)cc1. The zero-order valence-electron chi connectivity index (χ0n) is 10.7. The molecule has 3 N–H and O–H groups in total. The van der Waals surface area contributed by atoms with Crippen LogP contribution in [0.3, 0.4) is 0 Å². The molecule has 0 bridgehead atoms. The van der Waals surface area contributed by atoms with E-state index in [4.69, 9.17) is 5.84 Å². The average Bonchev–Trinajstić information content (AvgIpc) is 2.26. The zero-order valence-corrected chi connectivity index (χ0v) is 10.7. The fraction of sp³-hybridized carbons (Fsp3) is 0.571. The summed E-state index contributed by atoms with van der Waals surface area (Å²) in [6.45, 7) is 6.58. The summed E-state index contributed by atoms with van der Waals surface area (Å²) in [5, 5.41) is 0. The van der Waals surface area contributed by atoms with E-state index in [2.05, 4.69) is 50.5 Å². The van der Waals surface area contributed by atoms with Crippen LogP contribution in [0.5, 0.6) is 0 Å². The van der Waals surface area contributed by atoms with Crippen molar-refractivity contribution in [2.24, 2.45) is 11.8 Å². The predicted octanol–water partition coefficient (Wildman–Crippen LogP) is 2.81. The Morgan fingerprint density at radius 2 is 1.81 bits per heavy atom. The molecule has 0 saturated carbocycles. The van der Waals surface area contributed by atoms with E-state index in [1.165, 1.54) is 11.1 Å². The van der Waals surface area contributed by atoms with Crippen molar-refractivity contribution in [1.82, 2.24) is 5.43 Å². The Labute approximate surface area is 99.2 Å². The minimum absolute atomic E-state index is 0.432. The second kappa shape index (κ2) is 6.66. The third-order valence-corrected chi connectivity index (χ3v) is 2.89. The molecule has 0 aliphatic carbocycles. The first-order valence-electron chi connectivity index (χ1n) is 6.13. The monoisotopic (exact) mass is 220 g/mol.